The summed E-state index contributed by atoms with van der Waals surface area (Å²) in [5.74, 6) is -0.926. The molecule has 0 aliphatic heterocycles. The molecule has 1 rings (SSSR count). The number of nitrogens with one attached hydrogen (secondary N) is 1. The van der Waals surface area contributed by atoms with Gasteiger partial charge in [0.05, 0.1) is 6.42 Å². The normalized spacial score (nSPS) is 9.94. The first kappa shape index (κ1) is 14.0. The van der Waals surface area contributed by atoms with E-state index >= 15 is 0 Å². The first-order valence-corrected chi connectivity index (χ1v) is 5.72. The Morgan fingerprint density at radius 1 is 1.33 bits per heavy atom. The van der Waals surface area contributed by atoms with Gasteiger partial charge in [0.2, 0.25) is 0 Å². The highest BCUT2D eigenvalue weighted by atomic mass is 16.4. The number of aliphatic carboxylic acids is 1. The van der Waals surface area contributed by atoms with Gasteiger partial charge in [-0.3, -0.25) is 9.69 Å². The minimum atomic E-state index is -0.926. The summed E-state index contributed by atoms with van der Waals surface area (Å²) in [7, 11) is 1.66. The Kier molecular flexibility index (Phi) is 4.71. The summed E-state index contributed by atoms with van der Waals surface area (Å²) in [5, 5.41) is 11.1. The third kappa shape index (κ3) is 3.76. The number of hydrogen-bond acceptors (Lipinski definition) is 2. The van der Waals surface area contributed by atoms with Gasteiger partial charge in [-0.05, 0) is 25.5 Å². The lowest BCUT2D eigenvalue weighted by molar-refractivity contribution is -0.136. The van der Waals surface area contributed by atoms with Crippen molar-refractivity contribution < 1.29 is 14.7 Å². The second-order valence-electron chi connectivity index (χ2n) is 4.22. The largest absolute Gasteiger partial charge is 0.481 e. The van der Waals surface area contributed by atoms with Crippen molar-refractivity contribution in [2.75, 3.05) is 18.5 Å². The molecule has 0 saturated heterocycles. The van der Waals surface area contributed by atoms with Gasteiger partial charge in [0.25, 0.3) is 0 Å². The number of carbonyl (C=O) groups excluding carboxylic acids is 1. The van der Waals surface area contributed by atoms with E-state index in [0.29, 0.717) is 0 Å². The summed E-state index contributed by atoms with van der Waals surface area (Å²) in [6, 6.07) is 5.50. The van der Waals surface area contributed by atoms with Crippen LogP contribution in [0.5, 0.6) is 0 Å². The van der Waals surface area contributed by atoms with Crippen LogP contribution in [-0.2, 0) is 4.79 Å². The number of rotatable bonds is 4. The van der Waals surface area contributed by atoms with Crippen LogP contribution in [0.2, 0.25) is 0 Å². The Morgan fingerprint density at radius 3 is 2.56 bits per heavy atom. The molecule has 18 heavy (non-hydrogen) atoms. The van der Waals surface area contributed by atoms with E-state index in [1.807, 2.05) is 32.0 Å². The highest BCUT2D eigenvalue weighted by Crippen LogP contribution is 2.19. The van der Waals surface area contributed by atoms with Gasteiger partial charge < -0.3 is 10.4 Å². The Balaban J connectivity index is 2.65. The third-order valence-corrected chi connectivity index (χ3v) is 2.63. The predicted molar refractivity (Wildman–Crippen MR) is 70.0 cm³/mol. The van der Waals surface area contributed by atoms with Gasteiger partial charge in [-0.25, -0.2) is 4.79 Å². The van der Waals surface area contributed by atoms with Crippen LogP contribution in [0.25, 0.3) is 0 Å². The van der Waals surface area contributed by atoms with Gasteiger partial charge in [-0.1, -0.05) is 17.7 Å². The van der Waals surface area contributed by atoms with Crippen molar-refractivity contribution in [3.8, 4) is 0 Å². The molecule has 0 unspecified atom stereocenters. The summed E-state index contributed by atoms with van der Waals surface area (Å²) >= 11 is 0. The smallest absolute Gasteiger partial charge is 0.321 e. The number of urea groups is 1. The van der Waals surface area contributed by atoms with E-state index < -0.39 is 5.97 Å². The molecule has 0 fully saturated rings. The molecule has 1 aromatic carbocycles. The van der Waals surface area contributed by atoms with Crippen molar-refractivity contribution in [1.29, 1.82) is 0 Å². The molecule has 0 atom stereocenters. The monoisotopic (exact) mass is 250 g/mol. The molecule has 0 aromatic heterocycles. The second-order valence-corrected chi connectivity index (χ2v) is 4.22. The van der Waals surface area contributed by atoms with Crippen LogP contribution < -0.4 is 10.2 Å². The van der Waals surface area contributed by atoms with Crippen molar-refractivity contribution in [2.24, 2.45) is 0 Å². The quantitative estimate of drug-likeness (QED) is 0.857. The number of carbonyl (C=O) groups is 2. The fourth-order valence-electron chi connectivity index (χ4n) is 1.69. The summed E-state index contributed by atoms with van der Waals surface area (Å²) in [6.45, 7) is 4.05. The van der Waals surface area contributed by atoms with Crippen LogP contribution in [0.3, 0.4) is 0 Å². The molecule has 0 aliphatic rings. The molecule has 0 saturated carbocycles. The molecule has 0 aliphatic carbocycles. The zero-order valence-electron chi connectivity index (χ0n) is 10.9. The van der Waals surface area contributed by atoms with Gasteiger partial charge in [0, 0.05) is 19.3 Å². The minimum absolute atomic E-state index is 0.0769. The fourth-order valence-corrected chi connectivity index (χ4v) is 1.69. The number of carboxylic acids is 1. The summed E-state index contributed by atoms with van der Waals surface area (Å²) in [4.78, 5) is 23.6. The lowest BCUT2D eigenvalue weighted by Crippen LogP contribution is -2.38. The topological polar surface area (TPSA) is 69.6 Å². The van der Waals surface area contributed by atoms with E-state index in [0.717, 1.165) is 16.8 Å². The van der Waals surface area contributed by atoms with Crippen molar-refractivity contribution in [2.45, 2.75) is 20.3 Å². The second kappa shape index (κ2) is 6.05. The van der Waals surface area contributed by atoms with Crippen LogP contribution in [0, 0.1) is 13.8 Å². The van der Waals surface area contributed by atoms with Gasteiger partial charge in [-0.15, -0.1) is 0 Å². The lowest BCUT2D eigenvalue weighted by Gasteiger charge is -2.20. The number of nitrogens with zero attached hydrogens (tertiary/aromatic N) is 1. The molecular formula is C13H18N2O3. The average molecular weight is 250 g/mol. The van der Waals surface area contributed by atoms with Crippen LogP contribution in [0.1, 0.15) is 17.5 Å². The Labute approximate surface area is 106 Å². The highest BCUT2D eigenvalue weighted by molar-refractivity contribution is 5.92. The highest BCUT2D eigenvalue weighted by Gasteiger charge is 2.12. The standard InChI is InChI=1S/C13H18N2O3/c1-9-4-5-11(10(2)8-9)15(3)13(18)14-7-6-12(16)17/h4-5,8H,6-7H2,1-3H3,(H,14,18)(H,16,17). The number of amides is 2. The number of hydrogen-bond donors (Lipinski definition) is 2. The van der Waals surface area contributed by atoms with Crippen LogP contribution in [-0.4, -0.2) is 30.7 Å². The molecule has 2 amide bonds. The van der Waals surface area contributed by atoms with Gasteiger partial charge in [-0.2, -0.15) is 0 Å². The predicted octanol–water partition coefficient (Wildman–Crippen LogP) is 1.92. The first-order chi connectivity index (χ1) is 8.41. The van der Waals surface area contributed by atoms with Gasteiger partial charge >= 0.3 is 12.0 Å². The fraction of sp³-hybridized carbons (Fsp3) is 0.385. The maximum absolute atomic E-state index is 11.8. The molecule has 98 valence electrons. The van der Waals surface area contributed by atoms with Crippen LogP contribution in [0.15, 0.2) is 18.2 Å². The van der Waals surface area contributed by atoms with E-state index in [-0.39, 0.29) is 19.0 Å². The summed E-state index contributed by atoms with van der Waals surface area (Å²) < 4.78 is 0. The zero-order chi connectivity index (χ0) is 13.7. The molecule has 0 spiro atoms. The van der Waals surface area contributed by atoms with Crippen molar-refractivity contribution >= 4 is 17.7 Å². The van der Waals surface area contributed by atoms with Crippen LogP contribution >= 0.6 is 0 Å². The molecule has 2 N–H and O–H groups in total. The number of carboxylic acid groups (broad SMARTS) is 1. The van der Waals surface area contributed by atoms with Crippen molar-refractivity contribution in [3.63, 3.8) is 0 Å². The van der Waals surface area contributed by atoms with E-state index in [2.05, 4.69) is 5.32 Å². The minimum Gasteiger partial charge on any atom is -0.481 e. The molecule has 1 aromatic rings. The zero-order valence-corrected chi connectivity index (χ0v) is 10.9. The van der Waals surface area contributed by atoms with Gasteiger partial charge in [0.1, 0.15) is 0 Å². The van der Waals surface area contributed by atoms with E-state index in [1.165, 1.54) is 4.90 Å². The summed E-state index contributed by atoms with van der Waals surface area (Å²) in [5.41, 5.74) is 2.95. The van der Waals surface area contributed by atoms with Crippen LogP contribution in [0.4, 0.5) is 10.5 Å². The van der Waals surface area contributed by atoms with Crippen molar-refractivity contribution in [3.05, 3.63) is 29.3 Å². The maximum Gasteiger partial charge on any atom is 0.321 e. The number of aryl methyl sites for hydroxylation is 2. The molecular weight excluding hydrogens is 232 g/mol. The summed E-state index contributed by atoms with van der Waals surface area (Å²) in [6.07, 6.45) is -0.0769. The van der Waals surface area contributed by atoms with E-state index in [1.54, 1.807) is 7.05 Å². The lowest BCUT2D eigenvalue weighted by atomic mass is 10.1. The number of benzene rings is 1. The van der Waals surface area contributed by atoms with Gasteiger partial charge in [0.15, 0.2) is 0 Å². The molecule has 0 radical (unpaired) electrons. The Bertz CT molecular complexity index is 458. The van der Waals surface area contributed by atoms with E-state index in [4.69, 9.17) is 5.11 Å². The third-order valence-electron chi connectivity index (χ3n) is 2.63. The maximum atomic E-state index is 11.8. The average Bonchev–Trinajstić information content (AvgIpc) is 2.27. The van der Waals surface area contributed by atoms with E-state index in [9.17, 15) is 9.59 Å². The molecule has 0 bridgehead atoms. The SMILES string of the molecule is Cc1ccc(N(C)C(=O)NCCC(=O)O)c(C)c1. The molecule has 5 nitrogen and oxygen atoms in total. The Hall–Kier alpha value is -2.04. The molecule has 0 heterocycles. The molecule has 5 heteroatoms. The first-order valence-electron chi connectivity index (χ1n) is 5.72. The van der Waals surface area contributed by atoms with Crippen molar-refractivity contribution in [1.82, 2.24) is 5.32 Å². The number of anilines is 1. The Morgan fingerprint density at radius 2 is 2.00 bits per heavy atom.